The normalized spacial score (nSPS) is 18.0. The predicted octanol–water partition coefficient (Wildman–Crippen LogP) is 0.553. The minimum Gasteiger partial charge on any atom is -0.451 e. The fourth-order valence-corrected chi connectivity index (χ4v) is 2.38. The van der Waals surface area contributed by atoms with Gasteiger partial charge in [-0.25, -0.2) is 14.5 Å². The lowest BCUT2D eigenvalue weighted by Crippen LogP contribution is -2.34. The van der Waals surface area contributed by atoms with Crippen LogP contribution in [0.3, 0.4) is 0 Å². The van der Waals surface area contributed by atoms with Crippen LogP contribution in [0.2, 0.25) is 0 Å². The number of amides is 3. The Hall–Kier alpha value is -2.71. The second-order valence-electron chi connectivity index (χ2n) is 5.71. The molecule has 23 heavy (non-hydrogen) atoms. The van der Waals surface area contributed by atoms with E-state index in [1.165, 1.54) is 17.6 Å². The fourth-order valence-electron chi connectivity index (χ4n) is 2.38. The van der Waals surface area contributed by atoms with Crippen molar-refractivity contribution in [3.05, 3.63) is 30.2 Å². The minimum atomic E-state index is -0.600. The van der Waals surface area contributed by atoms with Gasteiger partial charge in [0.05, 0.1) is 11.4 Å². The summed E-state index contributed by atoms with van der Waals surface area (Å²) in [5, 5.41) is 10.7. The maximum absolute atomic E-state index is 12.4. The van der Waals surface area contributed by atoms with Gasteiger partial charge in [0.15, 0.2) is 6.39 Å². The largest absolute Gasteiger partial charge is 0.451 e. The van der Waals surface area contributed by atoms with Crippen molar-refractivity contribution in [2.24, 2.45) is 0 Å². The zero-order chi connectivity index (χ0) is 16.4. The Labute approximate surface area is 132 Å². The molecule has 0 bridgehead atoms. The first-order valence-corrected chi connectivity index (χ1v) is 7.44. The van der Waals surface area contributed by atoms with Gasteiger partial charge in [-0.1, -0.05) is 5.21 Å². The van der Waals surface area contributed by atoms with E-state index in [0.717, 1.165) is 0 Å². The Morgan fingerprint density at radius 2 is 2.17 bits per heavy atom. The van der Waals surface area contributed by atoms with Gasteiger partial charge in [-0.3, -0.25) is 9.69 Å². The monoisotopic (exact) mass is 318 g/mol. The van der Waals surface area contributed by atoms with Crippen molar-refractivity contribution in [2.75, 3.05) is 6.54 Å². The Kier molecular flexibility index (Phi) is 4.09. The van der Waals surface area contributed by atoms with Crippen LogP contribution in [0.1, 0.15) is 31.3 Å². The predicted molar refractivity (Wildman–Crippen MR) is 78.4 cm³/mol. The molecule has 0 radical (unpaired) electrons. The first-order chi connectivity index (χ1) is 11.0. The highest BCUT2D eigenvalue weighted by Gasteiger charge is 2.38. The fraction of sp³-hybridized carbons (Fsp3) is 0.500. The third-order valence-corrected chi connectivity index (χ3v) is 3.68. The molecular weight excluding hydrogens is 300 g/mol. The lowest BCUT2D eigenvalue weighted by molar-refractivity contribution is -0.127. The van der Waals surface area contributed by atoms with Crippen LogP contribution in [0, 0.1) is 0 Å². The Morgan fingerprint density at radius 3 is 2.83 bits per heavy atom. The highest BCUT2D eigenvalue weighted by atomic mass is 16.3. The number of carbonyl (C=O) groups excluding carboxylic acids is 2. The summed E-state index contributed by atoms with van der Waals surface area (Å²) in [6.07, 6.45) is 5.41. The highest BCUT2D eigenvalue weighted by molar-refractivity contribution is 6.04. The Morgan fingerprint density at radius 1 is 1.35 bits per heavy atom. The molecule has 3 amide bonds. The van der Waals surface area contributed by atoms with E-state index >= 15 is 0 Å². The second-order valence-corrected chi connectivity index (χ2v) is 5.71. The number of hydrogen-bond acceptors (Lipinski definition) is 6. The number of oxazole rings is 1. The van der Waals surface area contributed by atoms with Gasteiger partial charge in [-0.15, -0.1) is 5.10 Å². The summed E-state index contributed by atoms with van der Waals surface area (Å²) in [4.78, 5) is 29.5. The van der Waals surface area contributed by atoms with Gasteiger partial charge >= 0.3 is 6.03 Å². The van der Waals surface area contributed by atoms with Gasteiger partial charge in [-0.05, 0) is 13.8 Å². The van der Waals surface area contributed by atoms with Crippen LogP contribution in [0.25, 0.3) is 0 Å². The number of hydrogen-bond donors (Lipinski definition) is 1. The smallest absolute Gasteiger partial charge is 0.324 e. The topological polar surface area (TPSA) is 106 Å². The summed E-state index contributed by atoms with van der Waals surface area (Å²) >= 11 is 0. The summed E-state index contributed by atoms with van der Waals surface area (Å²) in [5.41, 5.74) is 1.38. The number of nitrogens with zero attached hydrogens (tertiary/aromatic N) is 5. The van der Waals surface area contributed by atoms with Gasteiger partial charge in [0, 0.05) is 31.6 Å². The van der Waals surface area contributed by atoms with Crippen molar-refractivity contribution >= 4 is 11.9 Å². The van der Waals surface area contributed by atoms with Gasteiger partial charge < -0.3 is 9.73 Å². The third kappa shape index (κ3) is 3.22. The second kappa shape index (κ2) is 6.19. The van der Waals surface area contributed by atoms with Crippen molar-refractivity contribution in [3.63, 3.8) is 0 Å². The van der Waals surface area contributed by atoms with Crippen LogP contribution in [0.15, 0.2) is 23.3 Å². The van der Waals surface area contributed by atoms with Crippen LogP contribution in [0.5, 0.6) is 0 Å². The van der Waals surface area contributed by atoms with Gasteiger partial charge in [-0.2, -0.15) is 0 Å². The van der Waals surface area contributed by atoms with E-state index in [9.17, 15) is 9.59 Å². The van der Waals surface area contributed by atoms with Crippen LogP contribution in [-0.2, 0) is 17.6 Å². The number of aromatic nitrogens is 4. The third-order valence-electron chi connectivity index (χ3n) is 3.68. The van der Waals surface area contributed by atoms with Crippen LogP contribution in [0.4, 0.5) is 4.79 Å². The molecule has 1 aliphatic rings. The quantitative estimate of drug-likeness (QED) is 0.780. The number of carbonyl (C=O) groups is 2. The molecule has 1 N–H and O–H groups in total. The summed E-state index contributed by atoms with van der Waals surface area (Å²) in [5.74, 6) is -0.252. The average Bonchev–Trinajstić information content (AvgIpc) is 3.21. The molecule has 1 atom stereocenters. The van der Waals surface area contributed by atoms with Crippen molar-refractivity contribution in [3.8, 4) is 0 Å². The van der Waals surface area contributed by atoms with Crippen LogP contribution < -0.4 is 5.32 Å². The molecule has 1 aliphatic heterocycles. The van der Waals surface area contributed by atoms with E-state index in [4.69, 9.17) is 4.42 Å². The van der Waals surface area contributed by atoms with Crippen molar-refractivity contribution in [2.45, 2.75) is 38.8 Å². The van der Waals surface area contributed by atoms with Gasteiger partial charge in [0.2, 0.25) is 0 Å². The molecule has 1 saturated heterocycles. The summed E-state index contributed by atoms with van der Waals surface area (Å²) in [6.45, 7) is 4.26. The Bertz CT molecular complexity index is 693. The maximum Gasteiger partial charge on any atom is 0.324 e. The van der Waals surface area contributed by atoms with E-state index in [-0.39, 0.29) is 24.5 Å². The van der Waals surface area contributed by atoms with Gasteiger partial charge in [0.25, 0.3) is 5.91 Å². The van der Waals surface area contributed by atoms with Crippen molar-refractivity contribution in [1.29, 1.82) is 0 Å². The van der Waals surface area contributed by atoms with E-state index in [1.54, 1.807) is 10.9 Å². The lowest BCUT2D eigenvalue weighted by Gasteiger charge is -2.11. The molecule has 1 unspecified atom stereocenters. The molecule has 3 rings (SSSR count). The summed E-state index contributed by atoms with van der Waals surface area (Å²) < 4.78 is 6.59. The number of urea groups is 1. The van der Waals surface area contributed by atoms with Crippen molar-refractivity contribution in [1.82, 2.24) is 30.2 Å². The van der Waals surface area contributed by atoms with Crippen molar-refractivity contribution < 1.29 is 14.0 Å². The van der Waals surface area contributed by atoms with Gasteiger partial charge in [0.1, 0.15) is 12.3 Å². The molecule has 0 aliphatic carbocycles. The standard InChI is InChI=1S/C14H18N6O3/c1-9(2)20-6-11(17-18-20)5-12-13(21)19(14(22)16-12)4-3-10-7-23-8-15-10/h6-9,12H,3-5H2,1-2H3,(H,16,22). The molecule has 0 aromatic carbocycles. The Balaban J connectivity index is 1.61. The van der Waals surface area contributed by atoms with Crippen LogP contribution in [-0.4, -0.2) is 49.4 Å². The average molecular weight is 318 g/mol. The molecule has 1 fully saturated rings. The van der Waals surface area contributed by atoms with E-state index in [0.29, 0.717) is 24.2 Å². The molecule has 3 heterocycles. The SMILES string of the molecule is CC(C)n1cc(CC2NC(=O)N(CCc3cocn3)C2=O)nn1. The molecule has 2 aromatic heterocycles. The minimum absolute atomic E-state index is 0.198. The van der Waals surface area contributed by atoms with Crippen LogP contribution >= 0.6 is 0 Å². The van der Waals surface area contributed by atoms with E-state index in [1.807, 2.05) is 13.8 Å². The van der Waals surface area contributed by atoms with E-state index in [2.05, 4.69) is 20.6 Å². The first-order valence-electron chi connectivity index (χ1n) is 7.44. The first kappa shape index (κ1) is 15.2. The summed E-state index contributed by atoms with van der Waals surface area (Å²) in [6, 6.07) is -0.791. The molecule has 0 spiro atoms. The zero-order valence-corrected chi connectivity index (χ0v) is 13.0. The zero-order valence-electron chi connectivity index (χ0n) is 13.0. The molecule has 9 heteroatoms. The molecule has 0 saturated carbocycles. The lowest BCUT2D eigenvalue weighted by atomic mass is 10.1. The summed E-state index contributed by atoms with van der Waals surface area (Å²) in [7, 11) is 0. The molecular formula is C14H18N6O3. The number of imide groups is 1. The molecule has 9 nitrogen and oxygen atoms in total. The molecule has 122 valence electrons. The number of nitrogens with one attached hydrogen (secondary N) is 1. The number of rotatable bonds is 6. The van der Waals surface area contributed by atoms with E-state index < -0.39 is 6.04 Å². The highest BCUT2D eigenvalue weighted by Crippen LogP contribution is 2.12. The maximum atomic E-state index is 12.4. The molecule has 2 aromatic rings.